The number of halogens is 2. The Balaban J connectivity index is 1.85. The molecule has 3 heterocycles. The lowest BCUT2D eigenvalue weighted by molar-refractivity contribution is -0.0231. The Hall–Kier alpha value is -1.75. The number of carbonyl (C=O) groups is 1. The number of hydrogen-bond acceptors (Lipinski definition) is 6. The van der Waals surface area contributed by atoms with Gasteiger partial charge in [-0.05, 0) is 27.2 Å². The minimum atomic E-state index is -3.65. The van der Waals surface area contributed by atoms with Crippen molar-refractivity contribution in [3.8, 4) is 0 Å². The van der Waals surface area contributed by atoms with E-state index in [0.29, 0.717) is 24.2 Å². The summed E-state index contributed by atoms with van der Waals surface area (Å²) in [5, 5.41) is 4.36. The van der Waals surface area contributed by atoms with Crippen molar-refractivity contribution >= 4 is 16.2 Å². The van der Waals surface area contributed by atoms with E-state index in [1.165, 1.54) is 9.58 Å². The van der Waals surface area contributed by atoms with Crippen molar-refractivity contribution in [2.24, 2.45) is 5.92 Å². The van der Waals surface area contributed by atoms with Gasteiger partial charge >= 0.3 is 6.09 Å². The zero-order valence-corrected chi connectivity index (χ0v) is 17.9. The topological polar surface area (TPSA) is 90.7 Å². The third kappa shape index (κ3) is 5.25. The highest BCUT2D eigenvalue weighted by Gasteiger charge is 2.44. The first-order valence-electron chi connectivity index (χ1n) is 9.54. The highest BCUT2D eigenvalue weighted by atomic mass is 32.2. The molecule has 1 atom stereocenters. The van der Waals surface area contributed by atoms with Crippen LogP contribution in [0.3, 0.4) is 0 Å². The Morgan fingerprint density at radius 3 is 2.66 bits per heavy atom. The second kappa shape index (κ2) is 7.50. The van der Waals surface area contributed by atoms with E-state index in [2.05, 4.69) is 5.10 Å². The Kier molecular flexibility index (Phi) is 5.67. The quantitative estimate of drug-likeness (QED) is 0.678. The van der Waals surface area contributed by atoms with Crippen LogP contribution in [0.4, 0.5) is 13.6 Å². The van der Waals surface area contributed by atoms with Crippen LogP contribution < -0.4 is 0 Å². The molecule has 0 N–H and O–H groups in total. The molecular formula is C18H27F2N3O5S. The van der Waals surface area contributed by atoms with E-state index in [4.69, 9.17) is 8.92 Å². The Bertz CT molecular complexity index is 892. The van der Waals surface area contributed by atoms with Crippen LogP contribution in [-0.4, -0.2) is 54.2 Å². The van der Waals surface area contributed by atoms with Gasteiger partial charge < -0.3 is 9.64 Å². The highest BCUT2D eigenvalue weighted by Crippen LogP contribution is 2.41. The number of rotatable bonds is 3. The van der Waals surface area contributed by atoms with Gasteiger partial charge in [-0.25, -0.2) is 4.79 Å². The molecule has 2 aliphatic rings. The summed E-state index contributed by atoms with van der Waals surface area (Å²) in [6.45, 7) is 5.57. The monoisotopic (exact) mass is 435 g/mol. The number of hydrogen-bond donors (Lipinski definition) is 0. The van der Waals surface area contributed by atoms with Crippen molar-refractivity contribution in [2.75, 3.05) is 19.4 Å². The van der Waals surface area contributed by atoms with Crippen LogP contribution in [0.5, 0.6) is 0 Å². The molecule has 1 aromatic heterocycles. The number of ether oxygens (including phenoxy) is 1. The van der Waals surface area contributed by atoms with Crippen LogP contribution in [0.1, 0.15) is 50.6 Å². The lowest BCUT2D eigenvalue weighted by atomic mass is 9.98. The molecule has 0 aliphatic carbocycles. The molecular weight excluding hydrogens is 408 g/mol. The van der Waals surface area contributed by atoms with E-state index >= 15 is 0 Å². The lowest BCUT2D eigenvalue weighted by Gasteiger charge is -2.30. The fraction of sp³-hybridized carbons (Fsp3) is 0.778. The van der Waals surface area contributed by atoms with Crippen molar-refractivity contribution in [1.29, 1.82) is 0 Å². The third-order valence-corrected chi connectivity index (χ3v) is 5.48. The van der Waals surface area contributed by atoms with Crippen LogP contribution in [0, 0.1) is 5.92 Å². The third-order valence-electron chi connectivity index (χ3n) is 4.91. The van der Waals surface area contributed by atoms with E-state index in [9.17, 15) is 22.0 Å². The van der Waals surface area contributed by atoms with E-state index in [1.807, 2.05) is 0 Å². The first-order valence-corrected chi connectivity index (χ1v) is 11.4. The Morgan fingerprint density at radius 2 is 2.03 bits per heavy atom. The Morgan fingerprint density at radius 1 is 1.34 bits per heavy atom. The molecule has 0 radical (unpaired) electrons. The summed E-state index contributed by atoms with van der Waals surface area (Å²) in [5.74, 6) is -3.53. The molecule has 11 heteroatoms. The normalized spacial score (nSPS) is 21.9. The van der Waals surface area contributed by atoms with E-state index in [1.54, 1.807) is 20.8 Å². The minimum Gasteiger partial charge on any atom is -0.444 e. The molecule has 0 saturated carbocycles. The first kappa shape index (κ1) is 21.9. The SMILES string of the molecule is CC(C)(C)OC(=O)N1CCc2nn3c(c2C1)C(F)(F)CCC(COS(C)(=O)=O)C3. The molecule has 0 spiro atoms. The van der Waals surface area contributed by atoms with Crippen LogP contribution in [0.25, 0.3) is 0 Å². The van der Waals surface area contributed by atoms with Gasteiger partial charge in [0.1, 0.15) is 11.3 Å². The van der Waals surface area contributed by atoms with Gasteiger partial charge in [0.25, 0.3) is 16.0 Å². The molecule has 29 heavy (non-hydrogen) atoms. The predicted molar refractivity (Wildman–Crippen MR) is 100.0 cm³/mol. The van der Waals surface area contributed by atoms with Gasteiger partial charge in [-0.15, -0.1) is 0 Å². The molecule has 1 unspecified atom stereocenters. The first-order chi connectivity index (χ1) is 13.3. The molecule has 3 rings (SSSR count). The number of nitrogens with zero attached hydrogens (tertiary/aromatic N) is 3. The summed E-state index contributed by atoms with van der Waals surface area (Å²) >= 11 is 0. The largest absolute Gasteiger partial charge is 0.444 e. The average molecular weight is 435 g/mol. The molecule has 0 saturated heterocycles. The van der Waals surface area contributed by atoms with Crippen molar-refractivity contribution in [1.82, 2.24) is 14.7 Å². The molecule has 1 aromatic rings. The van der Waals surface area contributed by atoms with Gasteiger partial charge in [0.15, 0.2) is 0 Å². The second-order valence-electron chi connectivity index (χ2n) is 8.71. The highest BCUT2D eigenvalue weighted by molar-refractivity contribution is 7.85. The van der Waals surface area contributed by atoms with Gasteiger partial charge in [-0.2, -0.15) is 22.3 Å². The van der Waals surface area contributed by atoms with Crippen molar-refractivity contribution in [2.45, 2.75) is 64.6 Å². The van der Waals surface area contributed by atoms with Crippen LogP contribution >= 0.6 is 0 Å². The summed E-state index contributed by atoms with van der Waals surface area (Å²) in [6, 6.07) is 0. The van der Waals surface area contributed by atoms with Crippen molar-refractivity contribution in [3.05, 3.63) is 17.0 Å². The number of amides is 1. The van der Waals surface area contributed by atoms with Gasteiger partial charge in [-0.1, -0.05) is 0 Å². The molecule has 1 amide bonds. The second-order valence-corrected chi connectivity index (χ2v) is 10.3. The minimum absolute atomic E-state index is 0.0136. The molecule has 0 bridgehead atoms. The predicted octanol–water partition coefficient (Wildman–Crippen LogP) is 2.65. The van der Waals surface area contributed by atoms with Gasteiger partial charge in [-0.3, -0.25) is 8.86 Å². The van der Waals surface area contributed by atoms with Gasteiger partial charge in [0.2, 0.25) is 0 Å². The maximum absolute atomic E-state index is 15.0. The molecule has 2 aliphatic heterocycles. The van der Waals surface area contributed by atoms with Crippen LogP contribution in [0.2, 0.25) is 0 Å². The fourth-order valence-electron chi connectivity index (χ4n) is 3.65. The van der Waals surface area contributed by atoms with E-state index in [0.717, 1.165) is 6.26 Å². The average Bonchev–Trinajstić information content (AvgIpc) is 2.86. The van der Waals surface area contributed by atoms with Crippen molar-refractivity contribution in [3.63, 3.8) is 0 Å². The number of fused-ring (bicyclic) bond motifs is 3. The molecule has 164 valence electrons. The van der Waals surface area contributed by atoms with Crippen LogP contribution in [0.15, 0.2) is 0 Å². The Labute approximate surface area is 169 Å². The molecule has 0 aromatic carbocycles. The fourth-order valence-corrected chi connectivity index (χ4v) is 4.09. The zero-order chi connectivity index (χ0) is 21.6. The molecule has 8 nitrogen and oxygen atoms in total. The summed E-state index contributed by atoms with van der Waals surface area (Å²) < 4.78 is 63.9. The maximum atomic E-state index is 15.0. The standard InChI is InChI=1S/C18H27F2N3O5S/c1-17(2,3)28-16(24)22-8-6-14-13(10-22)15-18(19,20)7-5-12(9-23(15)21-14)11-27-29(4,25)26/h12H,5-11H2,1-4H3. The number of alkyl halides is 2. The number of aromatic nitrogens is 2. The van der Waals surface area contributed by atoms with E-state index in [-0.39, 0.29) is 31.8 Å². The summed E-state index contributed by atoms with van der Waals surface area (Å²) in [7, 11) is -3.65. The number of carbonyl (C=O) groups excluding carboxylic acids is 1. The zero-order valence-electron chi connectivity index (χ0n) is 17.1. The summed E-state index contributed by atoms with van der Waals surface area (Å²) in [4.78, 5) is 13.8. The summed E-state index contributed by atoms with van der Waals surface area (Å²) in [6.07, 6.45) is 0.419. The molecule has 0 fully saturated rings. The van der Waals surface area contributed by atoms with Gasteiger partial charge in [0, 0.05) is 37.4 Å². The van der Waals surface area contributed by atoms with Crippen LogP contribution in [-0.2, 0) is 44.5 Å². The smallest absolute Gasteiger partial charge is 0.410 e. The van der Waals surface area contributed by atoms with Crippen molar-refractivity contribution < 1.29 is 30.9 Å². The maximum Gasteiger partial charge on any atom is 0.410 e. The van der Waals surface area contributed by atoms with E-state index < -0.39 is 40.1 Å². The van der Waals surface area contributed by atoms with Gasteiger partial charge in [0.05, 0.1) is 25.1 Å². The summed E-state index contributed by atoms with van der Waals surface area (Å²) in [5.41, 5.74) is 0.0351. The lowest BCUT2D eigenvalue weighted by Crippen LogP contribution is -2.40.